The van der Waals surface area contributed by atoms with Crippen molar-refractivity contribution < 1.29 is 17.9 Å². The van der Waals surface area contributed by atoms with E-state index in [2.05, 4.69) is 33.8 Å². The van der Waals surface area contributed by atoms with Crippen molar-refractivity contribution in [1.29, 1.82) is 0 Å². The van der Waals surface area contributed by atoms with E-state index in [9.17, 15) is 13.2 Å². The van der Waals surface area contributed by atoms with Crippen LogP contribution in [0, 0.1) is 0 Å². The van der Waals surface area contributed by atoms with Crippen molar-refractivity contribution in [1.82, 2.24) is 9.21 Å². The number of anilines is 1. The predicted molar refractivity (Wildman–Crippen MR) is 116 cm³/mol. The highest BCUT2D eigenvalue weighted by Gasteiger charge is 2.30. The van der Waals surface area contributed by atoms with Crippen LogP contribution >= 0.6 is 11.3 Å². The lowest BCUT2D eigenvalue weighted by Crippen LogP contribution is -2.48. The van der Waals surface area contributed by atoms with E-state index in [4.69, 9.17) is 4.74 Å². The van der Waals surface area contributed by atoms with Crippen LogP contribution < -0.4 is 10.1 Å². The van der Waals surface area contributed by atoms with E-state index in [1.165, 1.54) is 32.1 Å². The number of fused-ring (bicyclic) bond motifs is 2. The summed E-state index contributed by atoms with van der Waals surface area (Å²) in [6, 6.07) is 13.0. The number of nitrogens with zero attached hydrogens (tertiary/aromatic N) is 2. The van der Waals surface area contributed by atoms with Crippen LogP contribution in [0.5, 0.6) is 5.75 Å². The van der Waals surface area contributed by atoms with Crippen LogP contribution in [-0.4, -0.2) is 56.3 Å². The van der Waals surface area contributed by atoms with Crippen LogP contribution in [-0.2, 0) is 21.4 Å². The number of sulfonamides is 1. The molecule has 9 heteroatoms. The molecule has 30 heavy (non-hydrogen) atoms. The smallest absolute Gasteiger partial charge is 0.262 e. The average Bonchev–Trinajstić information content (AvgIpc) is 3.16. The van der Waals surface area contributed by atoms with Gasteiger partial charge < -0.3 is 10.1 Å². The number of hydrogen-bond donors (Lipinski definition) is 1. The fourth-order valence-electron chi connectivity index (χ4n) is 3.90. The molecule has 0 unspecified atom stereocenters. The zero-order chi connectivity index (χ0) is 20.7. The minimum atomic E-state index is -3.63. The molecule has 5 rings (SSSR count). The maximum absolute atomic E-state index is 13.1. The molecule has 2 aliphatic heterocycles. The Hall–Kier alpha value is -2.46. The van der Waals surface area contributed by atoms with Gasteiger partial charge in [0, 0.05) is 37.4 Å². The molecule has 1 saturated heterocycles. The molecule has 1 amide bonds. The molecule has 0 aliphatic carbocycles. The minimum Gasteiger partial charge on any atom is -0.482 e. The highest BCUT2D eigenvalue weighted by molar-refractivity contribution is 7.89. The van der Waals surface area contributed by atoms with Crippen LogP contribution in [0.25, 0.3) is 10.1 Å². The fraction of sp³-hybridized carbons (Fsp3) is 0.286. The Morgan fingerprint density at radius 1 is 1.07 bits per heavy atom. The van der Waals surface area contributed by atoms with Gasteiger partial charge in [0.1, 0.15) is 5.75 Å². The summed E-state index contributed by atoms with van der Waals surface area (Å²) in [5, 5.41) is 6.13. The van der Waals surface area contributed by atoms with Gasteiger partial charge in [0.05, 0.1) is 10.6 Å². The summed E-state index contributed by atoms with van der Waals surface area (Å²) in [5.41, 5.74) is 1.69. The van der Waals surface area contributed by atoms with Crippen LogP contribution in [0.1, 0.15) is 5.56 Å². The van der Waals surface area contributed by atoms with Gasteiger partial charge in [0.15, 0.2) is 6.61 Å². The molecule has 156 valence electrons. The monoisotopic (exact) mass is 443 g/mol. The lowest BCUT2D eigenvalue weighted by atomic mass is 10.1. The summed E-state index contributed by atoms with van der Waals surface area (Å²) in [5.74, 6) is 0.202. The summed E-state index contributed by atoms with van der Waals surface area (Å²) in [6.45, 7) is 2.98. The predicted octanol–water partition coefficient (Wildman–Crippen LogP) is 2.74. The zero-order valence-corrected chi connectivity index (χ0v) is 17.8. The van der Waals surface area contributed by atoms with E-state index in [1.54, 1.807) is 17.4 Å². The second-order valence-corrected chi connectivity index (χ2v) is 10.3. The Bertz CT molecular complexity index is 1210. The van der Waals surface area contributed by atoms with Crippen LogP contribution in [0.4, 0.5) is 5.69 Å². The molecular weight excluding hydrogens is 422 g/mol. The molecule has 0 atom stereocenters. The van der Waals surface area contributed by atoms with Gasteiger partial charge >= 0.3 is 0 Å². The molecule has 2 aromatic carbocycles. The average molecular weight is 444 g/mol. The number of nitrogens with one attached hydrogen (secondary N) is 1. The van der Waals surface area contributed by atoms with Crippen molar-refractivity contribution in [3.63, 3.8) is 0 Å². The number of thiophene rings is 1. The first kappa shape index (κ1) is 19.5. The van der Waals surface area contributed by atoms with E-state index in [0.717, 1.165) is 6.54 Å². The van der Waals surface area contributed by atoms with Crippen molar-refractivity contribution in [2.45, 2.75) is 11.4 Å². The van der Waals surface area contributed by atoms with E-state index in [-0.39, 0.29) is 17.4 Å². The Balaban J connectivity index is 1.28. The standard InChI is InChI=1S/C21H21N3O4S2/c25-21-13-28-19-6-5-16(11-18(19)22-21)30(26,27)24-9-7-23(8-10-24)12-15-14-29-20-4-2-1-3-17(15)20/h1-6,11,14H,7-10,12-13H2,(H,22,25). The molecule has 1 aromatic heterocycles. The zero-order valence-electron chi connectivity index (χ0n) is 16.2. The molecule has 2 aliphatic rings. The number of amides is 1. The number of carbonyl (C=O) groups excluding carboxylic acids is 1. The summed E-state index contributed by atoms with van der Waals surface area (Å²) < 4.78 is 34.3. The molecular formula is C21H21N3O4S2. The normalized spacial score (nSPS) is 18.1. The number of benzene rings is 2. The molecule has 1 fully saturated rings. The number of rotatable bonds is 4. The van der Waals surface area contributed by atoms with Crippen LogP contribution in [0.15, 0.2) is 52.7 Å². The third kappa shape index (κ3) is 3.58. The molecule has 3 aromatic rings. The summed E-state index contributed by atoms with van der Waals surface area (Å²) in [6.07, 6.45) is 0. The number of carbonyl (C=O) groups is 1. The molecule has 0 spiro atoms. The van der Waals surface area contributed by atoms with Crippen LogP contribution in [0.3, 0.4) is 0 Å². The van der Waals surface area contributed by atoms with Crippen molar-refractivity contribution in [2.75, 3.05) is 38.1 Å². The fourth-order valence-corrected chi connectivity index (χ4v) is 6.30. The van der Waals surface area contributed by atoms with Gasteiger partial charge in [-0.25, -0.2) is 8.42 Å². The second kappa shape index (κ2) is 7.66. The quantitative estimate of drug-likeness (QED) is 0.671. The van der Waals surface area contributed by atoms with Gasteiger partial charge in [-0.1, -0.05) is 18.2 Å². The Morgan fingerprint density at radius 3 is 2.70 bits per heavy atom. The van der Waals surface area contributed by atoms with Gasteiger partial charge in [-0.2, -0.15) is 4.31 Å². The number of piperazine rings is 1. The van der Waals surface area contributed by atoms with Crippen molar-refractivity contribution in [3.8, 4) is 5.75 Å². The molecule has 0 bridgehead atoms. The second-order valence-electron chi connectivity index (χ2n) is 7.43. The van der Waals surface area contributed by atoms with Gasteiger partial charge in [0.2, 0.25) is 10.0 Å². The topological polar surface area (TPSA) is 79.0 Å². The molecule has 3 heterocycles. The molecule has 7 nitrogen and oxygen atoms in total. The third-order valence-electron chi connectivity index (χ3n) is 5.51. The summed E-state index contributed by atoms with van der Waals surface area (Å²) >= 11 is 1.74. The Labute approximate surface area is 178 Å². The van der Waals surface area contributed by atoms with E-state index in [1.807, 2.05) is 6.07 Å². The van der Waals surface area contributed by atoms with E-state index >= 15 is 0 Å². The molecule has 0 radical (unpaired) electrons. The Kier molecular flexibility index (Phi) is 4.98. The minimum absolute atomic E-state index is 0.0551. The first-order valence-corrected chi connectivity index (χ1v) is 12.1. The largest absolute Gasteiger partial charge is 0.482 e. The maximum Gasteiger partial charge on any atom is 0.262 e. The summed E-state index contributed by atoms with van der Waals surface area (Å²) in [7, 11) is -3.63. The third-order valence-corrected chi connectivity index (χ3v) is 8.41. The highest BCUT2D eigenvalue weighted by Crippen LogP contribution is 2.32. The van der Waals surface area contributed by atoms with Gasteiger partial charge in [-0.3, -0.25) is 9.69 Å². The van der Waals surface area contributed by atoms with Gasteiger partial charge in [0.25, 0.3) is 5.91 Å². The van der Waals surface area contributed by atoms with Crippen molar-refractivity contribution >= 4 is 43.0 Å². The van der Waals surface area contributed by atoms with E-state index < -0.39 is 10.0 Å². The molecule has 1 N–H and O–H groups in total. The van der Waals surface area contributed by atoms with Crippen molar-refractivity contribution in [2.24, 2.45) is 0 Å². The maximum atomic E-state index is 13.1. The Morgan fingerprint density at radius 2 is 1.87 bits per heavy atom. The number of ether oxygens (including phenoxy) is 1. The van der Waals surface area contributed by atoms with Crippen molar-refractivity contribution in [3.05, 3.63) is 53.4 Å². The lowest BCUT2D eigenvalue weighted by Gasteiger charge is -2.34. The van der Waals surface area contributed by atoms with E-state index in [0.29, 0.717) is 37.6 Å². The lowest BCUT2D eigenvalue weighted by molar-refractivity contribution is -0.118. The summed E-state index contributed by atoms with van der Waals surface area (Å²) in [4.78, 5) is 14.0. The van der Waals surface area contributed by atoms with Crippen LogP contribution in [0.2, 0.25) is 0 Å². The van der Waals surface area contributed by atoms with Gasteiger partial charge in [-0.15, -0.1) is 11.3 Å². The molecule has 0 saturated carbocycles. The van der Waals surface area contributed by atoms with Gasteiger partial charge in [-0.05, 0) is 40.6 Å². The number of hydrogen-bond acceptors (Lipinski definition) is 6. The highest BCUT2D eigenvalue weighted by atomic mass is 32.2. The first-order chi connectivity index (χ1) is 14.5. The SMILES string of the molecule is O=C1COc2ccc(S(=O)(=O)N3CCN(Cc4csc5ccccc45)CC3)cc2N1. The first-order valence-electron chi connectivity index (χ1n) is 9.75.